The van der Waals surface area contributed by atoms with E-state index in [2.05, 4.69) is 46.7 Å². The molecule has 3 aliphatic carbocycles. The maximum atomic E-state index is 13.2. The van der Waals surface area contributed by atoms with Gasteiger partial charge in [-0.25, -0.2) is 14.6 Å². The highest BCUT2D eigenvalue weighted by Gasteiger charge is 2.43. The van der Waals surface area contributed by atoms with Gasteiger partial charge in [0, 0.05) is 30.7 Å². The van der Waals surface area contributed by atoms with Gasteiger partial charge in [0.2, 0.25) is 0 Å². The molecule has 1 aromatic heterocycles. The molecule has 1 atom stereocenters. The maximum Gasteiger partial charge on any atom is 0.410 e. The van der Waals surface area contributed by atoms with Crippen molar-refractivity contribution in [2.45, 2.75) is 69.6 Å². The second kappa shape index (κ2) is 10.8. The minimum absolute atomic E-state index is 0.219. The van der Waals surface area contributed by atoms with Crippen molar-refractivity contribution in [3.63, 3.8) is 0 Å². The van der Waals surface area contributed by atoms with E-state index < -0.39 is 17.7 Å². The summed E-state index contributed by atoms with van der Waals surface area (Å²) in [5.41, 5.74) is 7.50. The number of benzene rings is 2. The fourth-order valence-electron chi connectivity index (χ4n) is 6.22. The molecule has 0 bridgehead atoms. The van der Waals surface area contributed by atoms with E-state index in [1.54, 1.807) is 12.5 Å². The van der Waals surface area contributed by atoms with Crippen LogP contribution in [0.4, 0.5) is 9.59 Å². The third-order valence-corrected chi connectivity index (χ3v) is 9.75. The number of ether oxygens (including phenoxy) is 2. The van der Waals surface area contributed by atoms with Gasteiger partial charge in [-0.1, -0.05) is 59.7 Å². The number of hydrogen-bond donors (Lipinski definition) is 1. The van der Waals surface area contributed by atoms with Gasteiger partial charge in [0.1, 0.15) is 17.2 Å². The molecule has 3 fully saturated rings. The minimum atomic E-state index is -0.600. The van der Waals surface area contributed by atoms with Crippen LogP contribution in [-0.2, 0) is 16.5 Å². The number of alkyl carbamates (subject to hydrolysis) is 1. The highest BCUT2D eigenvalue weighted by molar-refractivity contribution is 6.32. The Kier molecular flexibility index (Phi) is 7.08. The Morgan fingerprint density at radius 1 is 0.955 bits per heavy atom. The first-order valence-electron chi connectivity index (χ1n) is 15.4. The fraction of sp³-hybridized carbons (Fsp3) is 0.400. The number of aryl methyl sites for hydroxylation is 1. The van der Waals surface area contributed by atoms with Gasteiger partial charge in [0.15, 0.2) is 0 Å². The van der Waals surface area contributed by atoms with Gasteiger partial charge >= 0.3 is 12.2 Å². The van der Waals surface area contributed by atoms with Crippen LogP contribution in [0.25, 0.3) is 17.7 Å². The number of halogens is 1. The SMILES string of the molecule is Cn1cncc1C(NC(=O)OC1(C)CC1)c1c(Cl)ccc2c1C=Cc1ccccc1C2=C1CCN(C(=O)OC2(C)CC2)CC1. The standard InChI is InChI=1S/C35H37ClN4O4/c1-34(14-15-34)43-32(41)38-31(28-20-37-21-39(28)3)30-26-9-8-22-6-4-5-7-24(22)29(25(26)10-11-27(30)36)23-12-18-40(19-13-23)33(42)44-35(2)16-17-35/h4-11,20-21,31H,12-19H2,1-3H3,(H,38,41). The molecular formula is C35H37ClN4O4. The first-order chi connectivity index (χ1) is 21.1. The molecule has 228 valence electrons. The molecule has 3 aromatic rings. The molecule has 8 nitrogen and oxygen atoms in total. The van der Waals surface area contributed by atoms with Gasteiger partial charge in [-0.3, -0.25) is 0 Å². The van der Waals surface area contributed by atoms with Crippen molar-refractivity contribution in [1.29, 1.82) is 0 Å². The van der Waals surface area contributed by atoms with Crippen molar-refractivity contribution in [1.82, 2.24) is 19.8 Å². The topological polar surface area (TPSA) is 85.7 Å². The first-order valence-corrected chi connectivity index (χ1v) is 15.8. The number of amides is 2. The van der Waals surface area contributed by atoms with E-state index >= 15 is 0 Å². The summed E-state index contributed by atoms with van der Waals surface area (Å²) in [6.07, 6.45) is 12.0. The highest BCUT2D eigenvalue weighted by Crippen LogP contribution is 2.45. The Morgan fingerprint density at radius 3 is 2.34 bits per heavy atom. The quantitative estimate of drug-likeness (QED) is 0.252. The molecule has 4 aliphatic rings. The molecule has 2 amide bonds. The van der Waals surface area contributed by atoms with E-state index in [0.717, 1.165) is 77.6 Å². The highest BCUT2D eigenvalue weighted by atomic mass is 35.5. The average molecular weight is 613 g/mol. The largest absolute Gasteiger partial charge is 0.443 e. The molecule has 1 N–H and O–H groups in total. The molecule has 1 saturated heterocycles. The number of nitrogens with zero attached hydrogens (tertiary/aromatic N) is 3. The predicted octanol–water partition coefficient (Wildman–Crippen LogP) is 7.51. The van der Waals surface area contributed by atoms with E-state index in [1.807, 2.05) is 42.5 Å². The number of fused-ring (bicyclic) bond motifs is 2. The van der Waals surface area contributed by atoms with Crippen LogP contribution in [0.5, 0.6) is 0 Å². The summed E-state index contributed by atoms with van der Waals surface area (Å²) in [4.78, 5) is 32.3. The zero-order valence-corrected chi connectivity index (χ0v) is 26.1. The molecule has 0 spiro atoms. The lowest BCUT2D eigenvalue weighted by Crippen LogP contribution is -2.38. The summed E-state index contributed by atoms with van der Waals surface area (Å²) in [7, 11) is 1.90. The molecule has 0 radical (unpaired) electrons. The lowest BCUT2D eigenvalue weighted by Gasteiger charge is -2.31. The molecule has 2 aromatic carbocycles. The maximum absolute atomic E-state index is 13.2. The van der Waals surface area contributed by atoms with Crippen molar-refractivity contribution in [2.24, 2.45) is 7.05 Å². The van der Waals surface area contributed by atoms with E-state index in [-0.39, 0.29) is 11.7 Å². The second-order valence-electron chi connectivity index (χ2n) is 13.0. The monoisotopic (exact) mass is 612 g/mol. The van der Waals surface area contributed by atoms with Crippen LogP contribution < -0.4 is 5.32 Å². The van der Waals surface area contributed by atoms with Crippen LogP contribution in [-0.4, -0.2) is 50.9 Å². The Balaban J connectivity index is 1.31. The minimum Gasteiger partial charge on any atom is -0.443 e. The molecule has 1 unspecified atom stereocenters. The summed E-state index contributed by atoms with van der Waals surface area (Å²) in [6, 6.07) is 11.8. The number of rotatable bonds is 5. The normalized spacial score (nSPS) is 19.8. The summed E-state index contributed by atoms with van der Waals surface area (Å²) >= 11 is 7.03. The third kappa shape index (κ3) is 5.52. The Labute approximate surface area is 262 Å². The lowest BCUT2D eigenvalue weighted by atomic mass is 9.84. The number of nitrogens with one attached hydrogen (secondary N) is 1. The fourth-order valence-corrected chi connectivity index (χ4v) is 6.50. The van der Waals surface area contributed by atoms with Crippen LogP contribution in [0, 0.1) is 0 Å². The van der Waals surface area contributed by atoms with Crippen molar-refractivity contribution in [3.8, 4) is 0 Å². The first kappa shape index (κ1) is 28.7. The molecule has 44 heavy (non-hydrogen) atoms. The Bertz CT molecular complexity index is 1700. The van der Waals surface area contributed by atoms with Crippen LogP contribution >= 0.6 is 11.6 Å². The Morgan fingerprint density at radius 2 is 1.66 bits per heavy atom. The van der Waals surface area contributed by atoms with Crippen molar-refractivity contribution >= 4 is 41.5 Å². The van der Waals surface area contributed by atoms with Gasteiger partial charge in [-0.05, 0) is 86.3 Å². The molecule has 7 rings (SSSR count). The van der Waals surface area contributed by atoms with E-state index in [1.165, 1.54) is 5.57 Å². The van der Waals surface area contributed by atoms with Crippen molar-refractivity contribution in [3.05, 3.63) is 93.0 Å². The van der Waals surface area contributed by atoms with Gasteiger partial charge < -0.3 is 24.3 Å². The summed E-state index contributed by atoms with van der Waals surface area (Å²) < 4.78 is 13.4. The van der Waals surface area contributed by atoms with E-state index in [9.17, 15) is 9.59 Å². The average Bonchev–Trinajstić information content (AvgIpc) is 3.89. The van der Waals surface area contributed by atoms with Crippen LogP contribution in [0.1, 0.15) is 91.9 Å². The second-order valence-corrected chi connectivity index (χ2v) is 13.4. The molecule has 1 aliphatic heterocycles. The summed E-state index contributed by atoms with van der Waals surface area (Å²) in [5.74, 6) is 0. The van der Waals surface area contributed by atoms with Crippen LogP contribution in [0.15, 0.2) is 54.5 Å². The number of aromatic nitrogens is 2. The smallest absolute Gasteiger partial charge is 0.410 e. The number of likely N-dealkylation sites (tertiary alicyclic amines) is 1. The zero-order valence-electron chi connectivity index (χ0n) is 25.4. The lowest BCUT2D eigenvalue weighted by molar-refractivity contribution is 0.0566. The van der Waals surface area contributed by atoms with Gasteiger partial charge in [0.05, 0.1) is 18.2 Å². The van der Waals surface area contributed by atoms with Gasteiger partial charge in [0.25, 0.3) is 0 Å². The molecule has 9 heteroatoms. The number of imidazole rings is 1. The number of piperidine rings is 1. The molecular weight excluding hydrogens is 576 g/mol. The summed E-state index contributed by atoms with van der Waals surface area (Å²) in [6.45, 7) is 5.14. The van der Waals surface area contributed by atoms with Crippen molar-refractivity contribution in [2.75, 3.05) is 13.1 Å². The molecule has 2 heterocycles. The van der Waals surface area contributed by atoms with Crippen LogP contribution in [0.3, 0.4) is 0 Å². The number of carbonyl (C=O) groups excluding carboxylic acids is 2. The summed E-state index contributed by atoms with van der Waals surface area (Å²) in [5, 5.41) is 3.67. The van der Waals surface area contributed by atoms with E-state index in [4.69, 9.17) is 21.1 Å². The third-order valence-electron chi connectivity index (χ3n) is 9.42. The molecule has 2 saturated carbocycles. The Hall–Kier alpha value is -4.04. The predicted molar refractivity (Wildman–Crippen MR) is 170 cm³/mol. The number of hydrogen-bond acceptors (Lipinski definition) is 5. The van der Waals surface area contributed by atoms with Gasteiger partial charge in [-0.2, -0.15) is 0 Å². The van der Waals surface area contributed by atoms with Gasteiger partial charge in [-0.15, -0.1) is 0 Å². The van der Waals surface area contributed by atoms with Crippen LogP contribution in [0.2, 0.25) is 5.02 Å². The number of carbonyl (C=O) groups is 2. The van der Waals surface area contributed by atoms with E-state index in [0.29, 0.717) is 18.1 Å². The zero-order chi connectivity index (χ0) is 30.6. The van der Waals surface area contributed by atoms with Crippen molar-refractivity contribution < 1.29 is 19.1 Å².